The first-order valence-electron chi connectivity index (χ1n) is 5.40. The Labute approximate surface area is 125 Å². The van der Waals surface area contributed by atoms with Gasteiger partial charge in [0.1, 0.15) is 11.9 Å². The molecule has 0 aliphatic carbocycles. The van der Waals surface area contributed by atoms with E-state index in [4.69, 9.17) is 5.73 Å². The molecule has 0 atom stereocenters. The maximum Gasteiger partial charge on any atom is 0.366 e. The van der Waals surface area contributed by atoms with Crippen LogP contribution in [0.15, 0.2) is 33.7 Å². The first kappa shape index (κ1) is 12.4. The summed E-state index contributed by atoms with van der Waals surface area (Å²) in [6.45, 7) is 0. The van der Waals surface area contributed by atoms with Gasteiger partial charge in [0.2, 0.25) is 0 Å². The number of nitrogen functional groups attached to an aromatic ring is 1. The Hall–Kier alpha value is -1.60. The monoisotopic (exact) mass is 383 g/mol. The predicted molar refractivity (Wildman–Crippen MR) is 79.6 cm³/mol. The highest BCUT2D eigenvalue weighted by Gasteiger charge is 2.18. The van der Waals surface area contributed by atoms with E-state index in [1.54, 1.807) is 18.5 Å². The van der Waals surface area contributed by atoms with Crippen molar-refractivity contribution >= 4 is 48.6 Å². The number of H-pyrrole nitrogens is 2. The Kier molecular flexibility index (Phi) is 2.94. The summed E-state index contributed by atoms with van der Waals surface area (Å²) in [5.74, 6) is 0.566. The summed E-state index contributed by atoms with van der Waals surface area (Å²) in [7, 11) is 0. The van der Waals surface area contributed by atoms with Crippen molar-refractivity contribution in [1.29, 1.82) is 0 Å². The Bertz CT molecular complexity index is 785. The average Bonchev–Trinajstić information content (AvgIpc) is 2.72. The molecule has 0 aliphatic rings. The summed E-state index contributed by atoms with van der Waals surface area (Å²) in [5, 5.41) is 10.8. The lowest BCUT2D eigenvalue weighted by molar-refractivity contribution is -0.396. The van der Waals surface area contributed by atoms with Crippen LogP contribution in [0.1, 0.15) is 0 Å². The van der Waals surface area contributed by atoms with E-state index in [0.29, 0.717) is 15.9 Å². The molecule has 2 aromatic heterocycles. The molecule has 19 heavy (non-hydrogen) atoms. The lowest BCUT2D eigenvalue weighted by atomic mass is 10.1. The number of halogens is 2. The third kappa shape index (κ3) is 2.08. The number of phenols is 1. The van der Waals surface area contributed by atoms with Gasteiger partial charge in [-0.05, 0) is 17.1 Å². The Morgan fingerprint density at radius 1 is 1.26 bits per heavy atom. The number of nitrogens with zero attached hydrogens (tertiary/aromatic N) is 1. The number of aromatic amines is 2. The maximum atomic E-state index is 10.1. The van der Waals surface area contributed by atoms with Gasteiger partial charge in [-0.1, -0.05) is 15.9 Å². The average molecular weight is 385 g/mol. The van der Waals surface area contributed by atoms with Crippen molar-refractivity contribution < 1.29 is 10.1 Å². The number of fused-ring (bicyclic) bond motifs is 1. The number of benzene rings is 1. The minimum absolute atomic E-state index is 0.183. The number of hydrogen-bond acceptors (Lipinski definition) is 3. The minimum atomic E-state index is 0.183. The largest absolute Gasteiger partial charge is 0.507 e. The molecule has 0 unspecified atom stereocenters. The summed E-state index contributed by atoms with van der Waals surface area (Å²) in [6.07, 6.45) is 3.54. The van der Waals surface area contributed by atoms with Crippen molar-refractivity contribution in [3.63, 3.8) is 0 Å². The lowest BCUT2D eigenvalue weighted by Gasteiger charge is -2.01. The van der Waals surface area contributed by atoms with Gasteiger partial charge >= 0.3 is 4.73 Å². The van der Waals surface area contributed by atoms with Crippen molar-refractivity contribution in [2.24, 2.45) is 0 Å². The van der Waals surface area contributed by atoms with Crippen LogP contribution in [0.25, 0.3) is 22.0 Å². The fourth-order valence-electron chi connectivity index (χ4n) is 2.04. The highest BCUT2D eigenvalue weighted by Crippen LogP contribution is 2.37. The molecule has 0 radical (unpaired) electrons. The standard InChI is InChI=1S/C12H8Br2N4O/c13-5-1-8-10(9(19)2-5)6(3-16-8)7-4-17-12(14)18-11(7)15/h1-4,16,19H,(H2,15,17,18)/p+1. The fourth-order valence-corrected chi connectivity index (χ4v) is 2.79. The molecule has 2 heterocycles. The second kappa shape index (κ2) is 4.50. The van der Waals surface area contributed by atoms with Crippen LogP contribution in [0.2, 0.25) is 0 Å². The highest BCUT2D eigenvalue weighted by molar-refractivity contribution is 9.10. The molecule has 3 aromatic rings. The van der Waals surface area contributed by atoms with Crippen molar-refractivity contribution in [1.82, 2.24) is 9.97 Å². The Morgan fingerprint density at radius 2 is 2.05 bits per heavy atom. The molecule has 0 spiro atoms. The van der Waals surface area contributed by atoms with Crippen molar-refractivity contribution in [2.45, 2.75) is 0 Å². The molecule has 0 bridgehead atoms. The Balaban J connectivity index is 2.31. The number of aromatic hydroxyl groups is 1. The summed E-state index contributed by atoms with van der Waals surface area (Å²) in [5.41, 5.74) is 8.27. The fraction of sp³-hybridized carbons (Fsp3) is 0. The van der Waals surface area contributed by atoms with Crippen LogP contribution in [0.5, 0.6) is 5.75 Å². The molecule has 3 rings (SSSR count). The number of nitrogens with one attached hydrogen (secondary N) is 2. The van der Waals surface area contributed by atoms with Crippen LogP contribution in [-0.4, -0.2) is 15.1 Å². The zero-order chi connectivity index (χ0) is 13.6. The summed E-state index contributed by atoms with van der Waals surface area (Å²) < 4.78 is 1.36. The van der Waals surface area contributed by atoms with Crippen LogP contribution in [-0.2, 0) is 0 Å². The zero-order valence-corrected chi connectivity index (χ0v) is 12.7. The molecule has 0 fully saturated rings. The third-order valence-electron chi connectivity index (χ3n) is 2.84. The number of hydrogen-bond donors (Lipinski definition) is 3. The quantitative estimate of drug-likeness (QED) is 0.563. The molecule has 0 saturated heterocycles. The van der Waals surface area contributed by atoms with E-state index < -0.39 is 0 Å². The maximum absolute atomic E-state index is 10.1. The van der Waals surface area contributed by atoms with Crippen molar-refractivity contribution in [3.8, 4) is 16.9 Å². The van der Waals surface area contributed by atoms with E-state index in [2.05, 4.69) is 46.8 Å². The van der Waals surface area contributed by atoms with E-state index in [-0.39, 0.29) is 5.75 Å². The number of rotatable bonds is 1. The van der Waals surface area contributed by atoms with E-state index in [1.165, 1.54) is 0 Å². The first-order chi connectivity index (χ1) is 9.06. The van der Waals surface area contributed by atoms with Gasteiger partial charge in [-0.2, -0.15) is 0 Å². The summed E-state index contributed by atoms with van der Waals surface area (Å²) >= 11 is 6.57. The number of nitrogens with two attached hydrogens (primary N) is 1. The molecule has 7 heteroatoms. The molecular weight excluding hydrogens is 376 g/mol. The molecule has 5 nitrogen and oxygen atoms in total. The highest BCUT2D eigenvalue weighted by atomic mass is 79.9. The molecular formula is C12H9Br2N4O+. The minimum Gasteiger partial charge on any atom is -0.507 e. The number of anilines is 1. The second-order valence-electron chi connectivity index (χ2n) is 4.04. The molecule has 5 N–H and O–H groups in total. The third-order valence-corrected chi connectivity index (χ3v) is 3.71. The van der Waals surface area contributed by atoms with Crippen molar-refractivity contribution in [2.75, 3.05) is 5.73 Å². The first-order valence-corrected chi connectivity index (χ1v) is 6.98. The van der Waals surface area contributed by atoms with Gasteiger partial charge in [0.25, 0.3) is 5.82 Å². The van der Waals surface area contributed by atoms with E-state index in [1.807, 2.05) is 6.07 Å². The van der Waals surface area contributed by atoms with Gasteiger partial charge in [0.15, 0.2) is 0 Å². The van der Waals surface area contributed by atoms with E-state index in [0.717, 1.165) is 21.1 Å². The van der Waals surface area contributed by atoms with E-state index in [9.17, 15) is 5.11 Å². The van der Waals surface area contributed by atoms with Crippen LogP contribution in [0.3, 0.4) is 0 Å². The predicted octanol–water partition coefficient (Wildman–Crippen LogP) is 2.86. The van der Waals surface area contributed by atoms with Crippen LogP contribution >= 0.6 is 31.9 Å². The van der Waals surface area contributed by atoms with Gasteiger partial charge in [-0.15, -0.1) is 0 Å². The second-order valence-corrected chi connectivity index (χ2v) is 5.71. The molecule has 1 aromatic carbocycles. The number of aromatic nitrogens is 3. The zero-order valence-electron chi connectivity index (χ0n) is 9.54. The van der Waals surface area contributed by atoms with Crippen LogP contribution in [0.4, 0.5) is 5.82 Å². The normalized spacial score (nSPS) is 11.1. The van der Waals surface area contributed by atoms with Gasteiger partial charge < -0.3 is 15.8 Å². The van der Waals surface area contributed by atoms with Crippen LogP contribution in [0, 0.1) is 0 Å². The van der Waals surface area contributed by atoms with Crippen LogP contribution < -0.4 is 10.7 Å². The van der Waals surface area contributed by atoms with Gasteiger partial charge in [0, 0.05) is 21.6 Å². The van der Waals surface area contributed by atoms with Gasteiger partial charge in [-0.3, -0.25) is 0 Å². The van der Waals surface area contributed by atoms with Crippen molar-refractivity contribution in [3.05, 3.63) is 33.7 Å². The molecule has 0 amide bonds. The molecule has 0 aliphatic heterocycles. The van der Waals surface area contributed by atoms with Gasteiger partial charge in [0.05, 0.1) is 27.0 Å². The smallest absolute Gasteiger partial charge is 0.366 e. The topological polar surface area (TPSA) is 89.1 Å². The molecule has 0 saturated carbocycles. The summed E-state index contributed by atoms with van der Waals surface area (Å²) in [4.78, 5) is 10.2. The van der Waals surface area contributed by atoms with E-state index >= 15 is 0 Å². The lowest BCUT2D eigenvalue weighted by Crippen LogP contribution is -2.09. The SMILES string of the molecule is Nc1nc(Br)[nH+]cc1-c1c[nH]c2cc(Br)cc(O)c12. The summed E-state index contributed by atoms with van der Waals surface area (Å²) in [6, 6.07) is 3.54. The number of phenolic OH excluding ortho intramolecular Hbond substituents is 1. The molecule has 96 valence electrons. The van der Waals surface area contributed by atoms with Gasteiger partial charge in [-0.25, -0.2) is 4.98 Å². The Morgan fingerprint density at radius 3 is 2.79 bits per heavy atom.